The largest absolute Gasteiger partial charge is 0.459 e. The Bertz CT molecular complexity index is 951. The van der Waals surface area contributed by atoms with E-state index in [0.29, 0.717) is 28.8 Å². The molecule has 0 radical (unpaired) electrons. The summed E-state index contributed by atoms with van der Waals surface area (Å²) in [6.45, 7) is 10.2. The predicted octanol–water partition coefficient (Wildman–Crippen LogP) is 5.03. The molecule has 0 aromatic heterocycles. The van der Waals surface area contributed by atoms with Crippen LogP contribution in [0.4, 0.5) is 0 Å². The second kappa shape index (κ2) is 9.92. The molecule has 1 N–H and O–H groups in total. The highest BCUT2D eigenvalue weighted by molar-refractivity contribution is 8.16. The van der Waals surface area contributed by atoms with Crippen LogP contribution in [0.2, 0.25) is 5.02 Å². The number of carbonyl (C=O) groups excluding carboxylic acids is 2. The highest BCUT2D eigenvalue weighted by atomic mass is 35.5. The molecule has 0 fully saturated rings. The monoisotopic (exact) mass is 461 g/mol. The van der Waals surface area contributed by atoms with Gasteiger partial charge in [-0.25, -0.2) is 9.79 Å². The van der Waals surface area contributed by atoms with E-state index in [4.69, 9.17) is 16.3 Å². The maximum Gasteiger partial charge on any atom is 0.338 e. The minimum Gasteiger partial charge on any atom is -0.459 e. The third-order valence-corrected chi connectivity index (χ3v) is 5.94. The number of esters is 1. The Labute approximate surface area is 192 Å². The summed E-state index contributed by atoms with van der Waals surface area (Å²) in [6, 6.07) is 6.93. The first-order valence-corrected chi connectivity index (χ1v) is 11.6. The first-order chi connectivity index (χ1) is 14.7. The Morgan fingerprint density at radius 3 is 2.52 bits per heavy atom. The van der Waals surface area contributed by atoms with E-state index >= 15 is 0 Å². The first-order valence-electron chi connectivity index (χ1n) is 10.3. The number of allylic oxidation sites excluding steroid dienone is 1. The molecule has 1 atom stereocenters. The van der Waals surface area contributed by atoms with Crippen LogP contribution in [-0.2, 0) is 14.3 Å². The number of thioether (sulfide) groups is 1. The first kappa shape index (κ1) is 23.4. The standard InChI is InChI=1S/C23H28ClN3O3S/c1-13(2)11-25-19(28)10-18-12-31-23-26-15(5)20(22(29)30-14(3)4)21(27(18)23)16-6-8-17(24)9-7-16/h6-9,12-14,21H,10-11H2,1-5H3,(H,25,28). The van der Waals surface area contributed by atoms with Gasteiger partial charge in [-0.15, -0.1) is 0 Å². The van der Waals surface area contributed by atoms with Crippen molar-refractivity contribution in [1.29, 1.82) is 0 Å². The SMILES string of the molecule is CC1=C(C(=O)OC(C)C)C(c2ccc(Cl)cc2)N2C(CC(=O)NCC(C)C)=CSC2=N1. The number of ether oxygens (including phenoxy) is 1. The van der Waals surface area contributed by atoms with Gasteiger partial charge in [-0.2, -0.15) is 0 Å². The number of carbonyl (C=O) groups is 2. The highest BCUT2D eigenvalue weighted by Crippen LogP contribution is 2.45. The summed E-state index contributed by atoms with van der Waals surface area (Å²) >= 11 is 7.56. The van der Waals surface area contributed by atoms with Gasteiger partial charge in [-0.05, 0) is 49.8 Å². The molecule has 0 bridgehead atoms. The van der Waals surface area contributed by atoms with Crippen LogP contribution in [-0.4, -0.2) is 34.6 Å². The molecule has 8 heteroatoms. The normalized spacial score (nSPS) is 18.2. The number of hydrogen-bond acceptors (Lipinski definition) is 6. The van der Waals surface area contributed by atoms with E-state index in [1.54, 1.807) is 12.1 Å². The molecular formula is C23H28ClN3O3S. The number of benzene rings is 1. The molecule has 166 valence electrons. The van der Waals surface area contributed by atoms with Crippen molar-refractivity contribution >= 4 is 40.4 Å². The number of nitrogens with one attached hydrogen (secondary N) is 1. The molecule has 1 amide bonds. The van der Waals surface area contributed by atoms with Gasteiger partial charge in [-0.1, -0.05) is 49.3 Å². The van der Waals surface area contributed by atoms with E-state index in [9.17, 15) is 9.59 Å². The van der Waals surface area contributed by atoms with Crippen molar-refractivity contribution in [2.24, 2.45) is 10.9 Å². The molecule has 6 nitrogen and oxygen atoms in total. The van der Waals surface area contributed by atoms with Crippen molar-refractivity contribution in [1.82, 2.24) is 10.2 Å². The molecule has 2 heterocycles. The van der Waals surface area contributed by atoms with Gasteiger partial charge < -0.3 is 15.0 Å². The van der Waals surface area contributed by atoms with E-state index in [1.165, 1.54) is 11.8 Å². The van der Waals surface area contributed by atoms with E-state index < -0.39 is 12.0 Å². The lowest BCUT2D eigenvalue weighted by Crippen LogP contribution is -2.38. The second-order valence-electron chi connectivity index (χ2n) is 8.27. The Morgan fingerprint density at radius 2 is 1.90 bits per heavy atom. The molecule has 0 saturated carbocycles. The summed E-state index contributed by atoms with van der Waals surface area (Å²) in [6.07, 6.45) is -0.0530. The maximum absolute atomic E-state index is 13.1. The molecule has 0 saturated heterocycles. The molecule has 31 heavy (non-hydrogen) atoms. The van der Waals surface area contributed by atoms with E-state index in [1.807, 2.05) is 43.2 Å². The van der Waals surface area contributed by atoms with Gasteiger partial charge in [0.15, 0.2) is 5.17 Å². The van der Waals surface area contributed by atoms with Crippen LogP contribution in [0.15, 0.2) is 51.6 Å². The van der Waals surface area contributed by atoms with Crippen LogP contribution in [0.3, 0.4) is 0 Å². The van der Waals surface area contributed by atoms with E-state index in [0.717, 1.165) is 16.4 Å². The second-order valence-corrected chi connectivity index (χ2v) is 9.55. The smallest absolute Gasteiger partial charge is 0.338 e. The van der Waals surface area contributed by atoms with Gasteiger partial charge >= 0.3 is 5.97 Å². The average molecular weight is 462 g/mol. The molecule has 1 aromatic rings. The van der Waals surface area contributed by atoms with E-state index in [2.05, 4.69) is 24.2 Å². The Balaban J connectivity index is 1.98. The lowest BCUT2D eigenvalue weighted by Gasteiger charge is -2.36. The zero-order valence-corrected chi connectivity index (χ0v) is 20.0. The summed E-state index contributed by atoms with van der Waals surface area (Å²) in [5.41, 5.74) is 2.76. The lowest BCUT2D eigenvalue weighted by molar-refractivity contribution is -0.143. The molecule has 1 unspecified atom stereocenters. The fourth-order valence-electron chi connectivity index (χ4n) is 3.41. The number of amides is 1. The summed E-state index contributed by atoms with van der Waals surface area (Å²) < 4.78 is 5.54. The Hall–Kier alpha value is -2.25. The fraction of sp³-hybridized carbons (Fsp3) is 0.435. The van der Waals surface area contributed by atoms with Gasteiger partial charge in [0.05, 0.1) is 29.8 Å². The highest BCUT2D eigenvalue weighted by Gasteiger charge is 2.41. The zero-order valence-electron chi connectivity index (χ0n) is 18.4. The quantitative estimate of drug-likeness (QED) is 0.576. The molecule has 0 spiro atoms. The van der Waals surface area contributed by atoms with Crippen LogP contribution in [0.1, 0.15) is 52.6 Å². The van der Waals surface area contributed by atoms with Gasteiger partial charge in [0.1, 0.15) is 0 Å². The van der Waals surface area contributed by atoms with Gasteiger partial charge in [0, 0.05) is 17.3 Å². The fourth-order valence-corrected chi connectivity index (χ4v) is 4.50. The van der Waals surface area contributed by atoms with Gasteiger partial charge in [-0.3, -0.25) is 4.79 Å². The Kier molecular flexibility index (Phi) is 7.49. The number of halogens is 1. The summed E-state index contributed by atoms with van der Waals surface area (Å²) in [5.74, 6) is -0.0993. The molecule has 1 aromatic carbocycles. The lowest BCUT2D eigenvalue weighted by atomic mass is 9.94. The minimum atomic E-state index is -0.449. The van der Waals surface area contributed by atoms with Crippen molar-refractivity contribution in [2.45, 2.75) is 53.2 Å². The molecule has 2 aliphatic heterocycles. The number of nitrogens with zero attached hydrogens (tertiary/aromatic N) is 2. The topological polar surface area (TPSA) is 71.0 Å². The number of aliphatic imine (C=N–C) groups is 1. The predicted molar refractivity (Wildman–Crippen MR) is 126 cm³/mol. The van der Waals surface area contributed by atoms with Crippen LogP contribution in [0.25, 0.3) is 0 Å². The third-order valence-electron chi connectivity index (χ3n) is 4.80. The zero-order chi connectivity index (χ0) is 22.7. The van der Waals surface area contributed by atoms with Crippen LogP contribution in [0.5, 0.6) is 0 Å². The number of amidine groups is 1. The van der Waals surface area contributed by atoms with Gasteiger partial charge in [0.25, 0.3) is 0 Å². The van der Waals surface area contributed by atoms with Crippen LogP contribution >= 0.6 is 23.4 Å². The summed E-state index contributed by atoms with van der Waals surface area (Å²) in [7, 11) is 0. The van der Waals surface area contributed by atoms with Crippen molar-refractivity contribution < 1.29 is 14.3 Å². The third kappa shape index (κ3) is 5.52. The number of hydrogen-bond donors (Lipinski definition) is 1. The Morgan fingerprint density at radius 1 is 1.23 bits per heavy atom. The summed E-state index contributed by atoms with van der Waals surface area (Å²) in [5, 5.41) is 6.24. The van der Waals surface area contributed by atoms with Crippen LogP contribution < -0.4 is 5.32 Å². The number of rotatable bonds is 7. The molecule has 2 aliphatic rings. The van der Waals surface area contributed by atoms with E-state index in [-0.39, 0.29) is 18.4 Å². The van der Waals surface area contributed by atoms with Gasteiger partial charge in [0.2, 0.25) is 5.91 Å². The van der Waals surface area contributed by atoms with Crippen LogP contribution in [0, 0.1) is 5.92 Å². The summed E-state index contributed by atoms with van der Waals surface area (Å²) in [4.78, 5) is 32.2. The number of fused-ring (bicyclic) bond motifs is 1. The molecule has 3 rings (SSSR count). The maximum atomic E-state index is 13.1. The van der Waals surface area contributed by atoms with Crippen molar-refractivity contribution in [3.05, 3.63) is 57.2 Å². The average Bonchev–Trinajstić information content (AvgIpc) is 3.07. The van der Waals surface area contributed by atoms with Crippen molar-refractivity contribution in [3.8, 4) is 0 Å². The van der Waals surface area contributed by atoms with Crippen molar-refractivity contribution in [3.63, 3.8) is 0 Å². The molecular weight excluding hydrogens is 434 g/mol. The molecule has 0 aliphatic carbocycles. The minimum absolute atomic E-state index is 0.0609. The van der Waals surface area contributed by atoms with Crippen molar-refractivity contribution in [2.75, 3.05) is 6.54 Å².